The first-order chi connectivity index (χ1) is 12.0. The highest BCUT2D eigenvalue weighted by Crippen LogP contribution is 2.29. The number of hydrogen-bond acceptors (Lipinski definition) is 6. The maximum absolute atomic E-state index is 12.1. The zero-order valence-corrected chi connectivity index (χ0v) is 13.8. The van der Waals surface area contributed by atoms with Gasteiger partial charge < -0.3 is 19.9 Å². The van der Waals surface area contributed by atoms with Gasteiger partial charge in [-0.1, -0.05) is 12.1 Å². The smallest absolute Gasteiger partial charge is 0.270 e. The van der Waals surface area contributed by atoms with Crippen LogP contribution in [0.4, 0.5) is 5.69 Å². The predicted molar refractivity (Wildman–Crippen MR) is 89.9 cm³/mol. The van der Waals surface area contributed by atoms with Gasteiger partial charge in [-0.2, -0.15) is 0 Å². The van der Waals surface area contributed by atoms with Crippen LogP contribution in [0.3, 0.4) is 0 Å². The summed E-state index contributed by atoms with van der Waals surface area (Å²) in [6.45, 7) is -0.0585. The van der Waals surface area contributed by atoms with Crippen molar-refractivity contribution < 1.29 is 24.3 Å². The molecule has 1 amide bonds. The number of nitrogens with zero attached hydrogens (tertiary/aromatic N) is 1. The molecular formula is C17H18N2O6. The Kier molecular flexibility index (Phi) is 5.91. The molecule has 2 aromatic carbocycles. The number of carbonyl (C=O) groups excluding carboxylic acids is 1. The summed E-state index contributed by atoms with van der Waals surface area (Å²) in [6.07, 6.45) is -0.970. The van der Waals surface area contributed by atoms with Gasteiger partial charge in [0.05, 0.1) is 25.2 Å². The Morgan fingerprint density at radius 1 is 1.20 bits per heavy atom. The lowest BCUT2D eigenvalue weighted by atomic mass is 10.1. The van der Waals surface area contributed by atoms with E-state index in [0.717, 1.165) is 0 Å². The first-order valence-corrected chi connectivity index (χ1v) is 7.39. The molecule has 0 radical (unpaired) electrons. The molecule has 0 aliphatic carbocycles. The normalized spacial score (nSPS) is 11.5. The van der Waals surface area contributed by atoms with E-state index in [0.29, 0.717) is 17.1 Å². The number of ether oxygens (including phenoxy) is 2. The molecule has 0 saturated carbocycles. The number of rotatable bonds is 7. The highest BCUT2D eigenvalue weighted by atomic mass is 16.6. The van der Waals surface area contributed by atoms with Gasteiger partial charge in [0.1, 0.15) is 0 Å². The molecule has 1 unspecified atom stereocenters. The minimum atomic E-state index is -0.970. The number of nitro groups is 1. The van der Waals surface area contributed by atoms with Gasteiger partial charge in [-0.15, -0.1) is 0 Å². The Hall–Kier alpha value is -3.13. The van der Waals surface area contributed by atoms with E-state index in [1.165, 1.54) is 38.5 Å². The molecule has 25 heavy (non-hydrogen) atoms. The molecule has 2 aromatic rings. The van der Waals surface area contributed by atoms with Crippen molar-refractivity contribution in [1.82, 2.24) is 5.32 Å². The number of amides is 1. The molecule has 0 spiro atoms. The summed E-state index contributed by atoms with van der Waals surface area (Å²) in [5, 5.41) is 23.5. The van der Waals surface area contributed by atoms with Crippen LogP contribution in [-0.4, -0.2) is 36.7 Å². The number of aliphatic hydroxyl groups is 1. The Morgan fingerprint density at radius 3 is 2.56 bits per heavy atom. The third-order valence-electron chi connectivity index (χ3n) is 3.57. The zero-order valence-electron chi connectivity index (χ0n) is 13.8. The molecule has 2 rings (SSSR count). The van der Waals surface area contributed by atoms with Crippen molar-refractivity contribution in [2.45, 2.75) is 6.10 Å². The number of hydrogen-bond donors (Lipinski definition) is 2. The number of nitrogens with one attached hydrogen (secondary N) is 1. The number of benzene rings is 2. The van der Waals surface area contributed by atoms with Gasteiger partial charge in [0, 0.05) is 24.2 Å². The Morgan fingerprint density at radius 2 is 1.92 bits per heavy atom. The summed E-state index contributed by atoms with van der Waals surface area (Å²) in [4.78, 5) is 22.3. The molecule has 0 aliphatic heterocycles. The lowest BCUT2D eigenvalue weighted by molar-refractivity contribution is -0.384. The van der Waals surface area contributed by atoms with Crippen molar-refractivity contribution in [1.29, 1.82) is 0 Å². The molecule has 0 heterocycles. The lowest BCUT2D eigenvalue weighted by Crippen LogP contribution is -2.28. The van der Waals surface area contributed by atoms with Crippen LogP contribution in [0.25, 0.3) is 0 Å². The summed E-state index contributed by atoms with van der Waals surface area (Å²) in [7, 11) is 2.99. The largest absolute Gasteiger partial charge is 0.493 e. The van der Waals surface area contributed by atoms with Crippen LogP contribution in [0.5, 0.6) is 11.5 Å². The van der Waals surface area contributed by atoms with Gasteiger partial charge in [0.2, 0.25) is 0 Å². The lowest BCUT2D eigenvalue weighted by Gasteiger charge is -2.15. The van der Waals surface area contributed by atoms with E-state index >= 15 is 0 Å². The molecule has 0 aliphatic rings. The second kappa shape index (κ2) is 8.11. The molecular weight excluding hydrogens is 328 g/mol. The van der Waals surface area contributed by atoms with Crippen LogP contribution in [0.1, 0.15) is 22.0 Å². The second-order valence-electron chi connectivity index (χ2n) is 5.15. The molecule has 2 N–H and O–H groups in total. The van der Waals surface area contributed by atoms with E-state index in [2.05, 4.69) is 5.32 Å². The summed E-state index contributed by atoms with van der Waals surface area (Å²) >= 11 is 0. The van der Waals surface area contributed by atoms with Gasteiger partial charge >= 0.3 is 0 Å². The Labute approximate surface area is 144 Å². The van der Waals surface area contributed by atoms with Crippen LogP contribution < -0.4 is 14.8 Å². The summed E-state index contributed by atoms with van der Waals surface area (Å²) in [6, 6.07) is 10.3. The molecule has 132 valence electrons. The summed E-state index contributed by atoms with van der Waals surface area (Å²) in [5.74, 6) is 0.478. The van der Waals surface area contributed by atoms with Gasteiger partial charge in [-0.05, 0) is 23.8 Å². The molecule has 0 fully saturated rings. The van der Waals surface area contributed by atoms with Crippen molar-refractivity contribution in [2.24, 2.45) is 0 Å². The summed E-state index contributed by atoms with van der Waals surface area (Å²) in [5.41, 5.74) is 0.513. The molecule has 0 saturated heterocycles. The number of non-ortho nitro benzene ring substituents is 1. The van der Waals surface area contributed by atoms with Crippen LogP contribution in [0.2, 0.25) is 0 Å². The van der Waals surface area contributed by atoms with Crippen molar-refractivity contribution in [3.8, 4) is 11.5 Å². The fraction of sp³-hybridized carbons (Fsp3) is 0.235. The average Bonchev–Trinajstić information content (AvgIpc) is 2.65. The standard InChI is InChI=1S/C17H18N2O6/c1-24-15-7-6-11(9-16(15)25-2)14(20)10-18-17(21)12-4-3-5-13(8-12)19(22)23/h3-9,14,20H,10H2,1-2H3,(H,18,21). The SMILES string of the molecule is COc1ccc(C(O)CNC(=O)c2cccc([N+](=O)[O-])c2)cc1OC. The molecule has 0 aromatic heterocycles. The molecule has 8 heteroatoms. The first-order valence-electron chi connectivity index (χ1n) is 7.39. The number of methoxy groups -OCH3 is 2. The van der Waals surface area contributed by atoms with E-state index in [-0.39, 0.29) is 17.8 Å². The number of aliphatic hydroxyl groups excluding tert-OH is 1. The number of carbonyl (C=O) groups is 1. The second-order valence-corrected chi connectivity index (χ2v) is 5.15. The van der Waals surface area contributed by atoms with Crippen molar-refractivity contribution in [3.63, 3.8) is 0 Å². The van der Waals surface area contributed by atoms with E-state index < -0.39 is 16.9 Å². The Balaban J connectivity index is 2.04. The fourth-order valence-electron chi connectivity index (χ4n) is 2.23. The van der Waals surface area contributed by atoms with Crippen LogP contribution in [-0.2, 0) is 0 Å². The van der Waals surface area contributed by atoms with Crippen molar-refractivity contribution >= 4 is 11.6 Å². The molecule has 8 nitrogen and oxygen atoms in total. The highest BCUT2D eigenvalue weighted by Gasteiger charge is 2.15. The molecule has 1 atom stereocenters. The van der Waals surface area contributed by atoms with E-state index in [1.54, 1.807) is 18.2 Å². The maximum Gasteiger partial charge on any atom is 0.270 e. The average molecular weight is 346 g/mol. The minimum Gasteiger partial charge on any atom is -0.493 e. The fourth-order valence-corrected chi connectivity index (χ4v) is 2.23. The quantitative estimate of drug-likeness (QED) is 0.586. The van der Waals surface area contributed by atoms with E-state index in [1.807, 2.05) is 0 Å². The number of nitro benzene ring substituents is 1. The van der Waals surface area contributed by atoms with Crippen molar-refractivity contribution in [3.05, 3.63) is 63.7 Å². The van der Waals surface area contributed by atoms with Crippen LogP contribution >= 0.6 is 0 Å². The van der Waals surface area contributed by atoms with Gasteiger partial charge in [-0.25, -0.2) is 0 Å². The van der Waals surface area contributed by atoms with Crippen molar-refractivity contribution in [2.75, 3.05) is 20.8 Å². The summed E-state index contributed by atoms with van der Waals surface area (Å²) < 4.78 is 10.3. The third-order valence-corrected chi connectivity index (χ3v) is 3.57. The first kappa shape index (κ1) is 18.2. The van der Waals surface area contributed by atoms with Gasteiger partial charge in [0.15, 0.2) is 11.5 Å². The maximum atomic E-state index is 12.1. The van der Waals surface area contributed by atoms with Gasteiger partial charge in [0.25, 0.3) is 11.6 Å². The predicted octanol–water partition coefficient (Wildman–Crippen LogP) is 2.08. The highest BCUT2D eigenvalue weighted by molar-refractivity contribution is 5.94. The molecule has 0 bridgehead atoms. The topological polar surface area (TPSA) is 111 Å². The van der Waals surface area contributed by atoms with E-state index in [4.69, 9.17) is 9.47 Å². The monoisotopic (exact) mass is 346 g/mol. The Bertz CT molecular complexity index is 777. The van der Waals surface area contributed by atoms with Gasteiger partial charge in [-0.3, -0.25) is 14.9 Å². The van der Waals surface area contributed by atoms with Crippen LogP contribution in [0, 0.1) is 10.1 Å². The van der Waals surface area contributed by atoms with Crippen LogP contribution in [0.15, 0.2) is 42.5 Å². The van der Waals surface area contributed by atoms with E-state index in [9.17, 15) is 20.0 Å². The third kappa shape index (κ3) is 4.45. The zero-order chi connectivity index (χ0) is 18.4. The minimum absolute atomic E-state index is 0.0585.